The predicted molar refractivity (Wildman–Crippen MR) is 92.4 cm³/mol. The molecule has 8 nitrogen and oxygen atoms in total. The van der Waals surface area contributed by atoms with E-state index in [1.54, 1.807) is 19.1 Å². The molecule has 1 amide bonds. The summed E-state index contributed by atoms with van der Waals surface area (Å²) >= 11 is 1.35. The smallest absolute Gasteiger partial charge is 0.286 e. The Morgan fingerprint density at radius 3 is 2.52 bits per heavy atom. The minimum absolute atomic E-state index is 0.0994. The van der Waals surface area contributed by atoms with Crippen LogP contribution in [0.4, 0.5) is 5.69 Å². The van der Waals surface area contributed by atoms with E-state index in [0.717, 1.165) is 6.07 Å². The molecule has 0 saturated heterocycles. The second-order valence-corrected chi connectivity index (χ2v) is 6.36. The fourth-order valence-corrected chi connectivity index (χ4v) is 3.01. The van der Waals surface area contributed by atoms with Gasteiger partial charge in [-0.2, -0.15) is 0 Å². The van der Waals surface area contributed by atoms with Crippen molar-refractivity contribution >= 4 is 22.9 Å². The lowest BCUT2D eigenvalue weighted by atomic mass is 10.0. The number of rotatable bonds is 7. The van der Waals surface area contributed by atoms with Gasteiger partial charge in [0.05, 0.1) is 31.8 Å². The molecule has 0 aliphatic heterocycles. The van der Waals surface area contributed by atoms with E-state index in [4.69, 9.17) is 9.47 Å². The van der Waals surface area contributed by atoms with Crippen LogP contribution >= 0.6 is 11.3 Å². The number of nitrogens with one attached hydrogen (secondary N) is 1. The van der Waals surface area contributed by atoms with E-state index < -0.39 is 22.1 Å². The normalized spacial score (nSPS) is 13.0. The molecule has 1 atom stereocenters. The van der Waals surface area contributed by atoms with Gasteiger partial charge in [0.25, 0.3) is 11.6 Å². The van der Waals surface area contributed by atoms with Gasteiger partial charge in [0.15, 0.2) is 11.5 Å². The highest BCUT2D eigenvalue weighted by Gasteiger charge is 2.28. The molecule has 2 N–H and O–H groups in total. The average molecular weight is 366 g/mol. The highest BCUT2D eigenvalue weighted by molar-refractivity contribution is 7.10. The monoisotopic (exact) mass is 366 g/mol. The minimum Gasteiger partial charge on any atom is -0.493 e. The molecule has 0 radical (unpaired) electrons. The topological polar surface area (TPSA) is 111 Å². The van der Waals surface area contributed by atoms with E-state index in [2.05, 4.69) is 5.32 Å². The number of amides is 1. The van der Waals surface area contributed by atoms with Crippen LogP contribution < -0.4 is 14.8 Å². The molecule has 0 fully saturated rings. The molecule has 2 rings (SSSR count). The van der Waals surface area contributed by atoms with Gasteiger partial charge in [-0.25, -0.2) is 0 Å². The van der Waals surface area contributed by atoms with Crippen molar-refractivity contribution in [1.29, 1.82) is 0 Å². The van der Waals surface area contributed by atoms with E-state index >= 15 is 0 Å². The summed E-state index contributed by atoms with van der Waals surface area (Å²) in [5.74, 6) is -0.343. The third-order valence-corrected chi connectivity index (χ3v) is 4.71. The van der Waals surface area contributed by atoms with Crippen molar-refractivity contribution in [3.8, 4) is 11.5 Å². The van der Waals surface area contributed by atoms with E-state index in [-0.39, 0.29) is 23.6 Å². The zero-order valence-electron chi connectivity index (χ0n) is 13.9. The Bertz CT molecular complexity index is 773. The van der Waals surface area contributed by atoms with Gasteiger partial charge in [-0.05, 0) is 18.4 Å². The molecule has 0 aliphatic carbocycles. The number of aliphatic hydroxyl groups is 1. The van der Waals surface area contributed by atoms with E-state index in [1.165, 1.54) is 31.6 Å². The number of carbonyl (C=O) groups excluding carboxylic acids is 1. The Balaban J connectivity index is 2.27. The fraction of sp³-hybridized carbons (Fsp3) is 0.312. The summed E-state index contributed by atoms with van der Waals surface area (Å²) in [7, 11) is 2.71. The summed E-state index contributed by atoms with van der Waals surface area (Å²) in [6.45, 7) is 1.46. The van der Waals surface area contributed by atoms with Crippen molar-refractivity contribution in [3.63, 3.8) is 0 Å². The van der Waals surface area contributed by atoms with E-state index in [1.807, 2.05) is 5.38 Å². The number of thiophene rings is 1. The van der Waals surface area contributed by atoms with Gasteiger partial charge < -0.3 is 19.9 Å². The molecule has 0 bridgehead atoms. The van der Waals surface area contributed by atoms with Gasteiger partial charge in [-0.3, -0.25) is 14.9 Å². The van der Waals surface area contributed by atoms with Crippen LogP contribution in [0.25, 0.3) is 0 Å². The average Bonchev–Trinajstić information content (AvgIpc) is 3.13. The molecule has 0 aliphatic rings. The molecule has 1 aromatic heterocycles. The van der Waals surface area contributed by atoms with Crippen LogP contribution in [-0.2, 0) is 5.60 Å². The Morgan fingerprint density at radius 1 is 1.36 bits per heavy atom. The van der Waals surface area contributed by atoms with Gasteiger partial charge in [0.1, 0.15) is 11.2 Å². The predicted octanol–water partition coefficient (Wildman–Crippen LogP) is 2.31. The van der Waals surface area contributed by atoms with Crippen LogP contribution in [-0.4, -0.2) is 36.7 Å². The number of nitrogens with zero attached hydrogens (tertiary/aromatic N) is 1. The maximum atomic E-state index is 12.4. The van der Waals surface area contributed by atoms with Crippen LogP contribution in [0, 0.1) is 10.1 Å². The van der Waals surface area contributed by atoms with Crippen LogP contribution in [0.5, 0.6) is 11.5 Å². The highest BCUT2D eigenvalue weighted by Crippen LogP contribution is 2.34. The van der Waals surface area contributed by atoms with Gasteiger partial charge in [-0.1, -0.05) is 6.07 Å². The minimum atomic E-state index is -1.28. The molecule has 0 saturated carbocycles. The van der Waals surface area contributed by atoms with Gasteiger partial charge >= 0.3 is 0 Å². The Hall–Kier alpha value is -2.65. The second kappa shape index (κ2) is 7.49. The van der Waals surface area contributed by atoms with Crippen molar-refractivity contribution < 1.29 is 24.3 Å². The van der Waals surface area contributed by atoms with Crippen LogP contribution in [0.2, 0.25) is 0 Å². The van der Waals surface area contributed by atoms with E-state index in [9.17, 15) is 20.0 Å². The summed E-state index contributed by atoms with van der Waals surface area (Å²) in [5, 5.41) is 26.1. The number of hydrogen-bond donors (Lipinski definition) is 2. The first-order chi connectivity index (χ1) is 11.8. The molecule has 134 valence electrons. The Morgan fingerprint density at radius 2 is 2.00 bits per heavy atom. The van der Waals surface area contributed by atoms with Crippen molar-refractivity contribution in [3.05, 3.63) is 50.2 Å². The lowest BCUT2D eigenvalue weighted by Crippen LogP contribution is -2.38. The third-order valence-electron chi connectivity index (χ3n) is 3.59. The lowest BCUT2D eigenvalue weighted by molar-refractivity contribution is -0.385. The zero-order chi connectivity index (χ0) is 18.6. The molecule has 1 aromatic carbocycles. The van der Waals surface area contributed by atoms with Crippen molar-refractivity contribution in [2.24, 2.45) is 0 Å². The number of nitro groups is 1. The van der Waals surface area contributed by atoms with Crippen molar-refractivity contribution in [1.82, 2.24) is 5.32 Å². The molecule has 9 heteroatoms. The number of ether oxygens (including phenoxy) is 2. The first-order valence-electron chi connectivity index (χ1n) is 7.25. The number of benzene rings is 1. The maximum absolute atomic E-state index is 12.4. The molecular weight excluding hydrogens is 348 g/mol. The van der Waals surface area contributed by atoms with Crippen molar-refractivity contribution in [2.45, 2.75) is 12.5 Å². The largest absolute Gasteiger partial charge is 0.493 e. The zero-order valence-corrected chi connectivity index (χ0v) is 14.8. The fourth-order valence-electron chi connectivity index (χ4n) is 2.22. The van der Waals surface area contributed by atoms with Crippen LogP contribution in [0.15, 0.2) is 29.6 Å². The SMILES string of the molecule is COc1cc(C(=O)NCC(C)(O)c2cccs2)c([N+](=O)[O-])cc1OC. The third kappa shape index (κ3) is 4.06. The van der Waals surface area contributed by atoms with Gasteiger partial charge in [0, 0.05) is 10.9 Å². The van der Waals surface area contributed by atoms with Crippen molar-refractivity contribution in [2.75, 3.05) is 20.8 Å². The molecule has 2 aromatic rings. The number of nitro benzene ring substituents is 1. The summed E-state index contributed by atoms with van der Waals surface area (Å²) in [6.07, 6.45) is 0. The summed E-state index contributed by atoms with van der Waals surface area (Å²) in [5.41, 5.74) is -1.87. The summed E-state index contributed by atoms with van der Waals surface area (Å²) < 4.78 is 10.1. The number of carbonyl (C=O) groups is 1. The number of methoxy groups -OCH3 is 2. The quantitative estimate of drug-likeness (QED) is 0.575. The summed E-state index contributed by atoms with van der Waals surface area (Å²) in [4.78, 5) is 23.7. The Kier molecular flexibility index (Phi) is 5.60. The molecule has 1 unspecified atom stereocenters. The van der Waals surface area contributed by atoms with Gasteiger partial charge in [0.2, 0.25) is 0 Å². The number of hydrogen-bond acceptors (Lipinski definition) is 7. The molecule has 0 spiro atoms. The first-order valence-corrected chi connectivity index (χ1v) is 8.13. The van der Waals surface area contributed by atoms with Crippen LogP contribution in [0.3, 0.4) is 0 Å². The summed E-state index contributed by atoms with van der Waals surface area (Å²) in [6, 6.07) is 5.91. The Labute approximate surface area is 148 Å². The standard InChI is InChI=1S/C16H18N2O6S/c1-16(20,14-5-4-6-25-14)9-17-15(19)10-7-12(23-2)13(24-3)8-11(10)18(21)22/h4-8,20H,9H2,1-3H3,(H,17,19). The van der Waals surface area contributed by atoms with E-state index in [0.29, 0.717) is 4.88 Å². The van der Waals surface area contributed by atoms with Crippen LogP contribution in [0.1, 0.15) is 22.2 Å². The maximum Gasteiger partial charge on any atom is 0.286 e. The second-order valence-electron chi connectivity index (χ2n) is 5.42. The molecule has 1 heterocycles. The highest BCUT2D eigenvalue weighted by atomic mass is 32.1. The van der Waals surface area contributed by atoms with Gasteiger partial charge in [-0.15, -0.1) is 11.3 Å². The molecule has 25 heavy (non-hydrogen) atoms. The lowest BCUT2D eigenvalue weighted by Gasteiger charge is -2.22. The molecular formula is C16H18N2O6S. The first kappa shape index (κ1) is 18.7.